The van der Waals surface area contributed by atoms with E-state index in [1.54, 1.807) is 11.3 Å². The Morgan fingerprint density at radius 1 is 1.22 bits per heavy atom. The summed E-state index contributed by atoms with van der Waals surface area (Å²) in [6, 6.07) is 6.01. The SMILES string of the molecule is Cc1nc(N(C)Cc2ccccn2)c2c(CC(C)C)csc2n1. The summed E-state index contributed by atoms with van der Waals surface area (Å²) in [7, 11) is 2.08. The third kappa shape index (κ3) is 3.50. The molecule has 0 aliphatic rings. The number of hydrogen-bond acceptors (Lipinski definition) is 5. The van der Waals surface area contributed by atoms with Crippen LogP contribution in [0, 0.1) is 12.8 Å². The van der Waals surface area contributed by atoms with Gasteiger partial charge in [-0.05, 0) is 42.3 Å². The van der Waals surface area contributed by atoms with Gasteiger partial charge in [-0.25, -0.2) is 9.97 Å². The Hall–Kier alpha value is -2.01. The van der Waals surface area contributed by atoms with Crippen molar-refractivity contribution in [1.82, 2.24) is 15.0 Å². The number of rotatable bonds is 5. The average Bonchev–Trinajstić information content (AvgIpc) is 2.89. The first-order chi connectivity index (χ1) is 11.0. The van der Waals surface area contributed by atoms with E-state index in [2.05, 4.69) is 41.1 Å². The van der Waals surface area contributed by atoms with Gasteiger partial charge in [0.15, 0.2) is 0 Å². The van der Waals surface area contributed by atoms with Gasteiger partial charge >= 0.3 is 0 Å². The number of fused-ring (bicyclic) bond motifs is 1. The van der Waals surface area contributed by atoms with Crippen LogP contribution in [0.4, 0.5) is 5.82 Å². The van der Waals surface area contributed by atoms with Crippen molar-refractivity contribution in [3.05, 3.63) is 46.9 Å². The van der Waals surface area contributed by atoms with Gasteiger partial charge in [0.05, 0.1) is 17.6 Å². The Kier molecular flexibility index (Phi) is 4.57. The predicted molar refractivity (Wildman–Crippen MR) is 97.0 cm³/mol. The zero-order valence-corrected chi connectivity index (χ0v) is 14.9. The Morgan fingerprint density at radius 3 is 2.74 bits per heavy atom. The molecule has 3 heterocycles. The van der Waals surface area contributed by atoms with E-state index in [-0.39, 0.29) is 0 Å². The molecule has 0 N–H and O–H groups in total. The van der Waals surface area contributed by atoms with Gasteiger partial charge in [0.1, 0.15) is 16.5 Å². The molecule has 0 bridgehead atoms. The third-order valence-corrected chi connectivity index (χ3v) is 4.64. The summed E-state index contributed by atoms with van der Waals surface area (Å²) < 4.78 is 0. The predicted octanol–water partition coefficient (Wildman–Crippen LogP) is 4.23. The molecule has 0 unspecified atom stereocenters. The summed E-state index contributed by atoms with van der Waals surface area (Å²) in [6.07, 6.45) is 2.88. The van der Waals surface area contributed by atoms with E-state index < -0.39 is 0 Å². The molecule has 4 nitrogen and oxygen atoms in total. The molecule has 3 aromatic heterocycles. The van der Waals surface area contributed by atoms with E-state index in [0.29, 0.717) is 5.92 Å². The molecular weight excluding hydrogens is 304 g/mol. The first kappa shape index (κ1) is 15.9. The summed E-state index contributed by atoms with van der Waals surface area (Å²) in [5, 5.41) is 3.43. The van der Waals surface area contributed by atoms with Crippen LogP contribution in [0.5, 0.6) is 0 Å². The van der Waals surface area contributed by atoms with E-state index >= 15 is 0 Å². The quantitative estimate of drug-likeness (QED) is 0.703. The second-order valence-electron chi connectivity index (χ2n) is 6.31. The summed E-state index contributed by atoms with van der Waals surface area (Å²) in [4.78, 5) is 17.0. The van der Waals surface area contributed by atoms with Crippen LogP contribution in [0.15, 0.2) is 29.8 Å². The molecule has 0 spiro atoms. The van der Waals surface area contributed by atoms with Crippen LogP contribution in [0.1, 0.15) is 30.9 Å². The van der Waals surface area contributed by atoms with Gasteiger partial charge in [-0.3, -0.25) is 4.98 Å². The highest BCUT2D eigenvalue weighted by atomic mass is 32.1. The smallest absolute Gasteiger partial charge is 0.141 e. The molecule has 5 heteroatoms. The van der Waals surface area contributed by atoms with Gasteiger partial charge in [-0.2, -0.15) is 0 Å². The van der Waals surface area contributed by atoms with Crippen LogP contribution >= 0.6 is 11.3 Å². The molecule has 0 saturated carbocycles. The van der Waals surface area contributed by atoms with E-state index in [1.807, 2.05) is 31.3 Å². The van der Waals surface area contributed by atoms with Gasteiger partial charge in [0, 0.05) is 13.2 Å². The summed E-state index contributed by atoms with van der Waals surface area (Å²) in [5.74, 6) is 2.44. The highest BCUT2D eigenvalue weighted by Crippen LogP contribution is 2.33. The fourth-order valence-corrected chi connectivity index (χ4v) is 3.75. The molecule has 120 valence electrons. The highest BCUT2D eigenvalue weighted by molar-refractivity contribution is 7.17. The van der Waals surface area contributed by atoms with Crippen LogP contribution in [-0.4, -0.2) is 22.0 Å². The minimum Gasteiger partial charge on any atom is -0.353 e. The molecule has 3 aromatic rings. The maximum atomic E-state index is 4.73. The number of thiophene rings is 1. The Bertz CT molecular complexity index is 795. The molecular formula is C18H22N4S. The minimum atomic E-state index is 0.614. The third-order valence-electron chi connectivity index (χ3n) is 3.72. The zero-order chi connectivity index (χ0) is 16.4. The molecule has 0 atom stereocenters. The summed E-state index contributed by atoms with van der Waals surface area (Å²) in [6.45, 7) is 7.19. The molecule has 23 heavy (non-hydrogen) atoms. The fourth-order valence-electron chi connectivity index (χ4n) is 2.76. The standard InChI is InChI=1S/C18H22N4S/c1-12(2)9-14-11-23-18-16(14)17(20-13(3)21-18)22(4)10-15-7-5-6-8-19-15/h5-8,11-12H,9-10H2,1-4H3. The van der Waals surface area contributed by atoms with Gasteiger partial charge in [-0.1, -0.05) is 19.9 Å². The second-order valence-corrected chi connectivity index (χ2v) is 7.17. The van der Waals surface area contributed by atoms with Crippen molar-refractivity contribution in [2.24, 2.45) is 5.92 Å². The van der Waals surface area contributed by atoms with Crippen molar-refractivity contribution >= 4 is 27.4 Å². The van der Waals surface area contributed by atoms with Crippen molar-refractivity contribution in [3.63, 3.8) is 0 Å². The van der Waals surface area contributed by atoms with Crippen molar-refractivity contribution in [1.29, 1.82) is 0 Å². The van der Waals surface area contributed by atoms with Crippen LogP contribution in [0.2, 0.25) is 0 Å². The first-order valence-electron chi connectivity index (χ1n) is 7.90. The van der Waals surface area contributed by atoms with Gasteiger partial charge in [-0.15, -0.1) is 11.3 Å². The van der Waals surface area contributed by atoms with Crippen LogP contribution in [-0.2, 0) is 13.0 Å². The van der Waals surface area contributed by atoms with Crippen molar-refractivity contribution in [2.75, 3.05) is 11.9 Å². The lowest BCUT2D eigenvalue weighted by Gasteiger charge is -2.20. The molecule has 0 fully saturated rings. The second kappa shape index (κ2) is 6.62. The van der Waals surface area contributed by atoms with Gasteiger partial charge < -0.3 is 4.90 Å². The molecule has 0 amide bonds. The average molecular weight is 326 g/mol. The van der Waals surface area contributed by atoms with Crippen LogP contribution in [0.25, 0.3) is 10.2 Å². The molecule has 0 radical (unpaired) electrons. The zero-order valence-electron chi connectivity index (χ0n) is 14.1. The number of nitrogens with zero attached hydrogens (tertiary/aromatic N) is 4. The van der Waals surface area contributed by atoms with Crippen LogP contribution < -0.4 is 4.90 Å². The lowest BCUT2D eigenvalue weighted by molar-refractivity contribution is 0.651. The van der Waals surface area contributed by atoms with Crippen molar-refractivity contribution in [2.45, 2.75) is 33.7 Å². The number of aryl methyl sites for hydroxylation is 1. The Labute approximate surface area is 141 Å². The summed E-state index contributed by atoms with van der Waals surface area (Å²) in [5.41, 5.74) is 2.39. The maximum absolute atomic E-state index is 4.73. The number of hydrogen-bond donors (Lipinski definition) is 0. The van der Waals surface area contributed by atoms with Crippen molar-refractivity contribution < 1.29 is 0 Å². The summed E-state index contributed by atoms with van der Waals surface area (Å²) >= 11 is 1.71. The fraction of sp³-hybridized carbons (Fsp3) is 0.389. The van der Waals surface area contributed by atoms with E-state index in [1.165, 1.54) is 10.9 Å². The van der Waals surface area contributed by atoms with Gasteiger partial charge in [0.2, 0.25) is 0 Å². The maximum Gasteiger partial charge on any atom is 0.141 e. The van der Waals surface area contributed by atoms with Gasteiger partial charge in [0.25, 0.3) is 0 Å². The largest absolute Gasteiger partial charge is 0.353 e. The lowest BCUT2D eigenvalue weighted by Crippen LogP contribution is -2.19. The van der Waals surface area contributed by atoms with E-state index in [4.69, 9.17) is 4.98 Å². The molecule has 0 aromatic carbocycles. The molecule has 0 aliphatic heterocycles. The van der Waals surface area contributed by atoms with E-state index in [0.717, 1.165) is 35.1 Å². The lowest BCUT2D eigenvalue weighted by atomic mass is 10.0. The Balaban J connectivity index is 2.02. The first-order valence-corrected chi connectivity index (χ1v) is 8.78. The molecule has 0 aliphatic carbocycles. The number of pyridine rings is 1. The number of anilines is 1. The molecule has 0 saturated heterocycles. The molecule has 3 rings (SSSR count). The normalized spacial score (nSPS) is 11.3. The van der Waals surface area contributed by atoms with Crippen molar-refractivity contribution in [3.8, 4) is 0 Å². The monoisotopic (exact) mass is 326 g/mol. The van der Waals surface area contributed by atoms with E-state index in [9.17, 15) is 0 Å². The topological polar surface area (TPSA) is 41.9 Å². The van der Waals surface area contributed by atoms with Crippen LogP contribution in [0.3, 0.4) is 0 Å². The Morgan fingerprint density at radius 2 is 2.04 bits per heavy atom. The number of aromatic nitrogens is 3. The highest BCUT2D eigenvalue weighted by Gasteiger charge is 2.17. The minimum absolute atomic E-state index is 0.614.